The van der Waals surface area contributed by atoms with Crippen LogP contribution in [-0.4, -0.2) is 28.1 Å². The minimum atomic E-state index is -0.395. The minimum absolute atomic E-state index is 0.148. The number of halogens is 1. The molecule has 0 aliphatic heterocycles. The molecular formula is C19H23FN4O2. The van der Waals surface area contributed by atoms with Crippen molar-refractivity contribution in [2.24, 2.45) is 5.92 Å². The molecule has 1 saturated carbocycles. The summed E-state index contributed by atoms with van der Waals surface area (Å²) >= 11 is 0. The number of aryl methyl sites for hydroxylation is 1. The van der Waals surface area contributed by atoms with Crippen molar-refractivity contribution in [3.05, 3.63) is 47.4 Å². The number of nitrogens with zero attached hydrogens (tertiary/aromatic N) is 2. The van der Waals surface area contributed by atoms with Gasteiger partial charge in [-0.3, -0.25) is 9.59 Å². The molecule has 1 aromatic heterocycles. The van der Waals surface area contributed by atoms with Crippen molar-refractivity contribution in [1.29, 1.82) is 0 Å². The lowest BCUT2D eigenvalue weighted by Crippen LogP contribution is -2.28. The molecule has 2 N–H and O–H groups in total. The van der Waals surface area contributed by atoms with E-state index in [1.54, 1.807) is 0 Å². The van der Waals surface area contributed by atoms with Gasteiger partial charge in [0.1, 0.15) is 11.6 Å². The molecule has 7 heteroatoms. The molecule has 1 atom stereocenters. The van der Waals surface area contributed by atoms with Gasteiger partial charge in [0.05, 0.1) is 11.7 Å². The monoisotopic (exact) mass is 358 g/mol. The number of hydrogen-bond donors (Lipinski definition) is 2. The minimum Gasteiger partial charge on any atom is -0.352 e. The Balaban J connectivity index is 1.50. The number of aromatic nitrogens is 2. The van der Waals surface area contributed by atoms with Crippen LogP contribution in [0.3, 0.4) is 0 Å². The Morgan fingerprint density at radius 2 is 2.00 bits per heavy atom. The molecule has 6 nitrogen and oxygen atoms in total. The van der Waals surface area contributed by atoms with E-state index >= 15 is 0 Å². The Kier molecular flexibility index (Phi) is 5.35. The second-order valence-electron chi connectivity index (χ2n) is 6.75. The quantitative estimate of drug-likeness (QED) is 0.799. The molecule has 2 amide bonds. The molecule has 0 radical (unpaired) electrons. The van der Waals surface area contributed by atoms with Crippen LogP contribution in [0.5, 0.6) is 0 Å². The van der Waals surface area contributed by atoms with Gasteiger partial charge >= 0.3 is 0 Å². The van der Waals surface area contributed by atoms with Gasteiger partial charge in [0.25, 0.3) is 5.91 Å². The number of rotatable bonds is 7. The number of benzene rings is 1. The lowest BCUT2D eigenvalue weighted by molar-refractivity contribution is -0.116. The SMILES string of the molecule is Cc1cc(NC(=O)CCNC(=O)c2ccc(F)cc2)n(C(C)C2CC2)n1. The van der Waals surface area contributed by atoms with Crippen molar-refractivity contribution in [2.75, 3.05) is 11.9 Å². The molecule has 0 saturated heterocycles. The first kappa shape index (κ1) is 18.1. The number of anilines is 1. The van der Waals surface area contributed by atoms with E-state index < -0.39 is 5.82 Å². The zero-order chi connectivity index (χ0) is 18.7. The molecule has 0 spiro atoms. The van der Waals surface area contributed by atoms with Crippen LogP contribution in [0.15, 0.2) is 30.3 Å². The van der Waals surface area contributed by atoms with Crippen molar-refractivity contribution in [3.63, 3.8) is 0 Å². The normalized spacial score (nSPS) is 14.7. The predicted molar refractivity (Wildman–Crippen MR) is 96.4 cm³/mol. The summed E-state index contributed by atoms with van der Waals surface area (Å²) in [4.78, 5) is 24.1. The van der Waals surface area contributed by atoms with Gasteiger partial charge in [-0.1, -0.05) is 0 Å². The third-order valence-electron chi connectivity index (χ3n) is 4.56. The molecule has 1 aromatic carbocycles. The van der Waals surface area contributed by atoms with E-state index in [1.165, 1.54) is 37.1 Å². The number of nitrogens with one attached hydrogen (secondary N) is 2. The maximum absolute atomic E-state index is 12.9. The van der Waals surface area contributed by atoms with E-state index in [-0.39, 0.29) is 30.8 Å². The second-order valence-corrected chi connectivity index (χ2v) is 6.75. The summed E-state index contributed by atoms with van der Waals surface area (Å²) in [6.45, 7) is 4.21. The van der Waals surface area contributed by atoms with Gasteiger partial charge in [-0.2, -0.15) is 5.10 Å². The standard InChI is InChI=1S/C19H23FN4O2/c1-12-11-17(24(23-12)13(2)14-3-4-14)22-18(25)9-10-21-19(26)15-5-7-16(20)8-6-15/h5-8,11,13-14H,3-4,9-10H2,1-2H3,(H,21,26)(H,22,25). The molecule has 26 heavy (non-hydrogen) atoms. The largest absolute Gasteiger partial charge is 0.352 e. The molecule has 2 aromatic rings. The Bertz CT molecular complexity index is 796. The smallest absolute Gasteiger partial charge is 0.251 e. The summed E-state index contributed by atoms with van der Waals surface area (Å²) in [6.07, 6.45) is 2.54. The molecular weight excluding hydrogens is 335 g/mol. The van der Waals surface area contributed by atoms with Gasteiger partial charge < -0.3 is 10.6 Å². The molecule has 1 aliphatic rings. The summed E-state index contributed by atoms with van der Waals surface area (Å²) in [6, 6.07) is 7.39. The molecule has 1 unspecified atom stereocenters. The highest BCUT2D eigenvalue weighted by Gasteiger charge is 2.31. The fraction of sp³-hybridized carbons (Fsp3) is 0.421. The van der Waals surface area contributed by atoms with Crippen LogP contribution in [0.4, 0.5) is 10.2 Å². The molecule has 0 bridgehead atoms. The summed E-state index contributed by atoms with van der Waals surface area (Å²) in [5.74, 6) is 0.402. The van der Waals surface area contributed by atoms with Gasteiger partial charge in [-0.15, -0.1) is 0 Å². The fourth-order valence-corrected chi connectivity index (χ4v) is 2.90. The summed E-state index contributed by atoms with van der Waals surface area (Å²) in [7, 11) is 0. The van der Waals surface area contributed by atoms with Crippen LogP contribution >= 0.6 is 0 Å². The van der Waals surface area contributed by atoms with E-state index in [4.69, 9.17) is 0 Å². The maximum Gasteiger partial charge on any atom is 0.251 e. The average molecular weight is 358 g/mol. The van der Waals surface area contributed by atoms with Crippen molar-refractivity contribution in [3.8, 4) is 0 Å². The van der Waals surface area contributed by atoms with Crippen molar-refractivity contribution < 1.29 is 14.0 Å². The highest BCUT2D eigenvalue weighted by Crippen LogP contribution is 2.40. The first-order valence-corrected chi connectivity index (χ1v) is 8.84. The number of hydrogen-bond acceptors (Lipinski definition) is 3. The molecule has 138 valence electrons. The topological polar surface area (TPSA) is 76.0 Å². The average Bonchev–Trinajstić information content (AvgIpc) is 3.38. The lowest BCUT2D eigenvalue weighted by atomic mass is 10.2. The lowest BCUT2D eigenvalue weighted by Gasteiger charge is -2.15. The Hall–Kier alpha value is -2.70. The van der Waals surface area contributed by atoms with Crippen molar-refractivity contribution >= 4 is 17.6 Å². The highest BCUT2D eigenvalue weighted by atomic mass is 19.1. The Morgan fingerprint density at radius 1 is 1.31 bits per heavy atom. The second kappa shape index (κ2) is 7.68. The highest BCUT2D eigenvalue weighted by molar-refractivity contribution is 5.95. The van der Waals surface area contributed by atoms with Crippen LogP contribution in [-0.2, 0) is 4.79 Å². The van der Waals surface area contributed by atoms with Gasteiger partial charge in [-0.05, 0) is 56.9 Å². The molecule has 1 heterocycles. The van der Waals surface area contributed by atoms with E-state index in [0.717, 1.165) is 5.69 Å². The van der Waals surface area contributed by atoms with E-state index in [0.29, 0.717) is 17.3 Å². The van der Waals surface area contributed by atoms with Crippen LogP contribution in [0.25, 0.3) is 0 Å². The van der Waals surface area contributed by atoms with Crippen molar-refractivity contribution in [1.82, 2.24) is 15.1 Å². The first-order chi connectivity index (χ1) is 12.4. The van der Waals surface area contributed by atoms with Crippen LogP contribution in [0.2, 0.25) is 0 Å². The third-order valence-corrected chi connectivity index (χ3v) is 4.56. The Labute approximate surface area is 151 Å². The molecule has 1 fully saturated rings. The number of amides is 2. The number of carbonyl (C=O) groups is 2. The van der Waals surface area contributed by atoms with E-state index in [9.17, 15) is 14.0 Å². The molecule has 3 rings (SSSR count). The third kappa shape index (κ3) is 4.47. The van der Waals surface area contributed by atoms with E-state index in [1.807, 2.05) is 17.7 Å². The van der Waals surface area contributed by atoms with Crippen LogP contribution < -0.4 is 10.6 Å². The van der Waals surface area contributed by atoms with Gasteiger partial charge in [0.15, 0.2) is 0 Å². The number of carbonyl (C=O) groups excluding carboxylic acids is 2. The summed E-state index contributed by atoms with van der Waals surface area (Å²) in [5.41, 5.74) is 1.22. The zero-order valence-electron chi connectivity index (χ0n) is 15.0. The summed E-state index contributed by atoms with van der Waals surface area (Å²) in [5, 5.41) is 10.0. The Morgan fingerprint density at radius 3 is 2.65 bits per heavy atom. The maximum atomic E-state index is 12.9. The van der Waals surface area contributed by atoms with E-state index in [2.05, 4.69) is 22.7 Å². The zero-order valence-corrected chi connectivity index (χ0v) is 15.0. The van der Waals surface area contributed by atoms with Crippen LogP contribution in [0, 0.1) is 18.7 Å². The fourth-order valence-electron chi connectivity index (χ4n) is 2.90. The predicted octanol–water partition coefficient (Wildman–Crippen LogP) is 3.06. The molecule has 1 aliphatic carbocycles. The van der Waals surface area contributed by atoms with Gasteiger partial charge in [0.2, 0.25) is 5.91 Å². The van der Waals surface area contributed by atoms with Crippen molar-refractivity contribution in [2.45, 2.75) is 39.2 Å². The summed E-state index contributed by atoms with van der Waals surface area (Å²) < 4.78 is 14.7. The first-order valence-electron chi connectivity index (χ1n) is 8.84. The van der Waals surface area contributed by atoms with Gasteiger partial charge in [0, 0.05) is 24.6 Å². The van der Waals surface area contributed by atoms with Gasteiger partial charge in [-0.25, -0.2) is 9.07 Å². The van der Waals surface area contributed by atoms with Crippen LogP contribution in [0.1, 0.15) is 48.3 Å².